The van der Waals surface area contributed by atoms with Gasteiger partial charge in [-0.2, -0.15) is 0 Å². The third kappa shape index (κ3) is 4.34. The topological polar surface area (TPSA) is 37.4 Å². The number of amides is 2. The van der Waals surface area contributed by atoms with Gasteiger partial charge < -0.3 is 0 Å². The molecule has 1 saturated heterocycles. The van der Waals surface area contributed by atoms with Gasteiger partial charge in [0.25, 0.3) is 0 Å². The first-order valence-electron chi connectivity index (χ1n) is 6.41. The number of thioether (sulfide) groups is 1. The van der Waals surface area contributed by atoms with E-state index < -0.39 is 0 Å². The van der Waals surface area contributed by atoms with Crippen molar-refractivity contribution in [2.45, 2.75) is 57.5 Å². The Labute approximate surface area is 108 Å². The van der Waals surface area contributed by atoms with E-state index in [0.717, 1.165) is 12.8 Å². The Hall–Kier alpha value is -0.510. The summed E-state index contributed by atoms with van der Waals surface area (Å²) in [4.78, 5) is 25.2. The maximum absolute atomic E-state index is 12.0. The number of nitrogens with zero attached hydrogens (tertiary/aromatic N) is 1. The van der Waals surface area contributed by atoms with Crippen LogP contribution in [0.5, 0.6) is 0 Å². The van der Waals surface area contributed by atoms with Crippen LogP contribution in [0.15, 0.2) is 0 Å². The molecule has 0 aromatic rings. The maximum atomic E-state index is 12.0. The molecular formula is C13H23NO2S. The predicted octanol–water partition coefficient (Wildman–Crippen LogP) is 2.69. The van der Waals surface area contributed by atoms with Crippen molar-refractivity contribution in [1.29, 1.82) is 0 Å². The summed E-state index contributed by atoms with van der Waals surface area (Å²) in [5.74, 6) is 0.665. The van der Waals surface area contributed by atoms with Crippen LogP contribution in [0.25, 0.3) is 0 Å². The van der Waals surface area contributed by atoms with Crippen LogP contribution in [0.1, 0.15) is 47.0 Å². The van der Waals surface area contributed by atoms with E-state index in [1.54, 1.807) is 11.8 Å². The summed E-state index contributed by atoms with van der Waals surface area (Å²) in [5.41, 5.74) is 0. The van der Waals surface area contributed by atoms with E-state index >= 15 is 0 Å². The highest BCUT2D eigenvalue weighted by atomic mass is 32.2. The van der Waals surface area contributed by atoms with E-state index in [2.05, 4.69) is 27.7 Å². The molecule has 1 unspecified atom stereocenters. The zero-order valence-corrected chi connectivity index (χ0v) is 12.0. The molecule has 3 nitrogen and oxygen atoms in total. The highest BCUT2D eigenvalue weighted by Crippen LogP contribution is 2.28. The molecule has 0 aromatic heterocycles. The van der Waals surface area contributed by atoms with Crippen LogP contribution in [0, 0.1) is 5.92 Å². The van der Waals surface area contributed by atoms with Gasteiger partial charge in [-0.25, -0.2) is 0 Å². The normalized spacial score (nSPS) is 21.1. The molecule has 1 aliphatic heterocycles. The molecule has 0 bridgehead atoms. The molecule has 1 rings (SSSR count). The maximum Gasteiger partial charge on any atom is 0.242 e. The van der Waals surface area contributed by atoms with Gasteiger partial charge in [-0.05, 0) is 24.0 Å². The first kappa shape index (κ1) is 14.6. The zero-order valence-electron chi connectivity index (χ0n) is 11.2. The van der Waals surface area contributed by atoms with Gasteiger partial charge in [0.05, 0.1) is 5.25 Å². The molecule has 1 fully saturated rings. The number of rotatable bonds is 6. The fourth-order valence-electron chi connectivity index (χ4n) is 1.98. The molecule has 1 heterocycles. The van der Waals surface area contributed by atoms with E-state index in [9.17, 15) is 9.59 Å². The summed E-state index contributed by atoms with van der Waals surface area (Å²) in [6.07, 6.45) is 2.39. The first-order chi connectivity index (χ1) is 7.91. The van der Waals surface area contributed by atoms with Crippen molar-refractivity contribution in [2.75, 3.05) is 6.54 Å². The molecule has 0 aromatic carbocycles. The molecule has 4 heteroatoms. The Morgan fingerprint density at radius 1 is 1.29 bits per heavy atom. The van der Waals surface area contributed by atoms with Crippen molar-refractivity contribution in [3.8, 4) is 0 Å². The third-order valence-electron chi connectivity index (χ3n) is 2.80. The molecule has 2 amide bonds. The largest absolute Gasteiger partial charge is 0.282 e. The van der Waals surface area contributed by atoms with Gasteiger partial charge in [-0.3, -0.25) is 14.5 Å². The minimum Gasteiger partial charge on any atom is -0.282 e. The lowest BCUT2D eigenvalue weighted by atomic mass is 10.1. The summed E-state index contributed by atoms with van der Waals surface area (Å²) >= 11 is 1.61. The molecule has 0 spiro atoms. The van der Waals surface area contributed by atoms with Crippen LogP contribution >= 0.6 is 11.8 Å². The highest BCUT2D eigenvalue weighted by molar-refractivity contribution is 8.01. The lowest BCUT2D eigenvalue weighted by Crippen LogP contribution is -2.32. The fourth-order valence-corrected chi connectivity index (χ4v) is 3.12. The van der Waals surface area contributed by atoms with Crippen LogP contribution in [0.2, 0.25) is 0 Å². The van der Waals surface area contributed by atoms with Gasteiger partial charge in [-0.15, -0.1) is 11.8 Å². The average Bonchev–Trinajstić information content (AvgIpc) is 2.44. The molecule has 0 aliphatic carbocycles. The Morgan fingerprint density at radius 3 is 2.47 bits per heavy atom. The van der Waals surface area contributed by atoms with Crippen LogP contribution in [-0.4, -0.2) is 33.8 Å². The SMILES string of the molecule is CC(C)CCCN1C(=O)CC(SC(C)C)C1=O. The molecule has 1 aliphatic rings. The Morgan fingerprint density at radius 2 is 1.94 bits per heavy atom. The summed E-state index contributed by atoms with van der Waals surface area (Å²) < 4.78 is 0. The van der Waals surface area contributed by atoms with Gasteiger partial charge in [0.2, 0.25) is 11.8 Å². The summed E-state index contributed by atoms with van der Waals surface area (Å²) in [6, 6.07) is 0. The van der Waals surface area contributed by atoms with E-state index in [4.69, 9.17) is 0 Å². The van der Waals surface area contributed by atoms with E-state index in [1.165, 1.54) is 4.90 Å². The minimum atomic E-state index is -0.137. The molecule has 0 saturated carbocycles. The molecule has 17 heavy (non-hydrogen) atoms. The number of likely N-dealkylation sites (tertiary alicyclic amines) is 1. The number of imide groups is 1. The zero-order chi connectivity index (χ0) is 13.0. The van der Waals surface area contributed by atoms with E-state index in [0.29, 0.717) is 24.1 Å². The van der Waals surface area contributed by atoms with Crippen molar-refractivity contribution in [2.24, 2.45) is 5.92 Å². The van der Waals surface area contributed by atoms with Crippen molar-refractivity contribution in [3.05, 3.63) is 0 Å². The Kier molecular flexibility index (Phi) is 5.50. The molecular weight excluding hydrogens is 234 g/mol. The Bertz CT molecular complexity index is 289. The van der Waals surface area contributed by atoms with Crippen LogP contribution in [-0.2, 0) is 9.59 Å². The number of hydrogen-bond acceptors (Lipinski definition) is 3. The average molecular weight is 257 g/mol. The summed E-state index contributed by atoms with van der Waals surface area (Å²) in [6.45, 7) is 9.04. The smallest absolute Gasteiger partial charge is 0.242 e. The monoisotopic (exact) mass is 257 g/mol. The molecule has 0 radical (unpaired) electrons. The van der Waals surface area contributed by atoms with Crippen LogP contribution < -0.4 is 0 Å². The minimum absolute atomic E-state index is 0.0110. The molecule has 0 N–H and O–H groups in total. The fraction of sp³-hybridized carbons (Fsp3) is 0.846. The van der Waals surface area contributed by atoms with Crippen molar-refractivity contribution >= 4 is 23.6 Å². The quantitative estimate of drug-likeness (QED) is 0.687. The van der Waals surface area contributed by atoms with Crippen LogP contribution in [0.3, 0.4) is 0 Å². The van der Waals surface area contributed by atoms with Crippen LogP contribution in [0.4, 0.5) is 0 Å². The van der Waals surface area contributed by atoms with Crippen molar-refractivity contribution in [1.82, 2.24) is 4.90 Å². The van der Waals surface area contributed by atoms with E-state index in [1.807, 2.05) is 0 Å². The lowest BCUT2D eigenvalue weighted by Gasteiger charge is -2.16. The van der Waals surface area contributed by atoms with Crippen molar-refractivity contribution in [3.63, 3.8) is 0 Å². The standard InChI is InChI=1S/C13H23NO2S/c1-9(2)6-5-7-14-12(15)8-11(13(14)16)17-10(3)4/h9-11H,5-8H2,1-4H3. The van der Waals surface area contributed by atoms with Gasteiger partial charge >= 0.3 is 0 Å². The summed E-state index contributed by atoms with van der Waals surface area (Å²) in [5, 5.41) is 0.258. The van der Waals surface area contributed by atoms with Gasteiger partial charge in [0, 0.05) is 13.0 Å². The van der Waals surface area contributed by atoms with E-state index in [-0.39, 0.29) is 17.1 Å². The van der Waals surface area contributed by atoms with Gasteiger partial charge in [-0.1, -0.05) is 27.7 Å². The summed E-state index contributed by atoms with van der Waals surface area (Å²) in [7, 11) is 0. The highest BCUT2D eigenvalue weighted by Gasteiger charge is 2.38. The second-order valence-corrected chi connectivity index (χ2v) is 7.08. The second kappa shape index (κ2) is 6.43. The molecule has 1 atom stereocenters. The Balaban J connectivity index is 2.45. The molecule has 98 valence electrons. The van der Waals surface area contributed by atoms with Crippen molar-refractivity contribution < 1.29 is 9.59 Å². The lowest BCUT2D eigenvalue weighted by molar-refractivity contribution is -0.138. The number of carbonyl (C=O) groups is 2. The first-order valence-corrected chi connectivity index (χ1v) is 7.35. The van der Waals surface area contributed by atoms with Gasteiger partial charge in [0.1, 0.15) is 0 Å². The second-order valence-electron chi connectivity index (χ2n) is 5.30. The number of carbonyl (C=O) groups excluding carboxylic acids is 2. The van der Waals surface area contributed by atoms with Gasteiger partial charge in [0.15, 0.2) is 0 Å². The predicted molar refractivity (Wildman–Crippen MR) is 71.9 cm³/mol. The number of hydrogen-bond donors (Lipinski definition) is 0. The third-order valence-corrected chi connectivity index (χ3v) is 4.04.